The van der Waals surface area contributed by atoms with Gasteiger partial charge in [0.1, 0.15) is 5.82 Å². The molecule has 7 nitrogen and oxygen atoms in total. The number of β-amino-alcohol motifs (C(OH)–C–C–N with tert-alkyl or cyclic N) is 1. The highest BCUT2D eigenvalue weighted by atomic mass is 32.2. The van der Waals surface area contributed by atoms with Crippen LogP contribution in [-0.4, -0.2) is 60.7 Å². The quantitative estimate of drug-likeness (QED) is 0.301. The van der Waals surface area contributed by atoms with E-state index in [9.17, 15) is 27.8 Å². The van der Waals surface area contributed by atoms with Gasteiger partial charge in [-0.3, -0.25) is 4.79 Å². The molecule has 0 aromatic heterocycles. The van der Waals surface area contributed by atoms with Crippen molar-refractivity contribution in [3.8, 4) is 11.1 Å². The molecule has 3 N–H and O–H groups in total. The highest BCUT2D eigenvalue weighted by Crippen LogP contribution is 2.32. The zero-order chi connectivity index (χ0) is 29.1. The maximum atomic E-state index is 13.8. The first-order valence-electron chi connectivity index (χ1n) is 13.4. The summed E-state index contributed by atoms with van der Waals surface area (Å²) in [6, 6.07) is 18.4. The molecule has 4 rings (SSSR count). The molecule has 1 aliphatic carbocycles. The van der Waals surface area contributed by atoms with Gasteiger partial charge >= 0.3 is 5.97 Å². The van der Waals surface area contributed by atoms with Crippen LogP contribution in [0.3, 0.4) is 0 Å². The van der Waals surface area contributed by atoms with Crippen LogP contribution >= 0.6 is 0 Å². The molecule has 1 atom stereocenters. The van der Waals surface area contributed by atoms with Crippen molar-refractivity contribution in [3.63, 3.8) is 0 Å². The lowest BCUT2D eigenvalue weighted by Gasteiger charge is -2.31. The highest BCUT2D eigenvalue weighted by molar-refractivity contribution is 7.89. The van der Waals surface area contributed by atoms with Gasteiger partial charge in [0.15, 0.2) is 0 Å². The molecule has 0 saturated heterocycles. The number of carboxylic acids is 1. The number of nitrogens with one attached hydrogen (secondary N) is 1. The van der Waals surface area contributed by atoms with Gasteiger partial charge in [-0.25, -0.2) is 12.8 Å². The minimum Gasteiger partial charge on any atom is -0.481 e. The Morgan fingerprint density at radius 3 is 2.40 bits per heavy atom. The zero-order valence-corrected chi connectivity index (χ0v) is 23.9. The van der Waals surface area contributed by atoms with E-state index >= 15 is 0 Å². The predicted octanol–water partition coefficient (Wildman–Crippen LogP) is 4.27. The number of halogens is 1. The largest absolute Gasteiger partial charge is 0.481 e. The number of fused-ring (bicyclic) bond motifs is 1. The molecule has 3 aromatic rings. The number of nitrogens with zero attached hydrogens (tertiary/aromatic N) is 1. The van der Waals surface area contributed by atoms with Crippen molar-refractivity contribution in [2.45, 2.75) is 56.1 Å². The number of carboxylic acid groups (broad SMARTS) is 1. The van der Waals surface area contributed by atoms with Gasteiger partial charge in [0.05, 0.1) is 17.4 Å². The van der Waals surface area contributed by atoms with Crippen molar-refractivity contribution in [2.75, 3.05) is 20.1 Å². The molecule has 0 bridgehead atoms. The van der Waals surface area contributed by atoms with Crippen LogP contribution < -0.4 is 5.32 Å². The summed E-state index contributed by atoms with van der Waals surface area (Å²) in [5, 5.41) is 23.3. The Labute approximate surface area is 235 Å². The Kier molecular flexibility index (Phi) is 9.09. The Morgan fingerprint density at radius 2 is 1.75 bits per heavy atom. The van der Waals surface area contributed by atoms with Crippen LogP contribution in [0.15, 0.2) is 71.6 Å². The summed E-state index contributed by atoms with van der Waals surface area (Å²) in [7, 11) is -2.54. The molecule has 0 radical (unpaired) electrons. The van der Waals surface area contributed by atoms with Crippen molar-refractivity contribution in [1.82, 2.24) is 9.62 Å². The van der Waals surface area contributed by atoms with E-state index in [-0.39, 0.29) is 29.1 Å². The normalized spacial score (nSPS) is 14.8. The van der Waals surface area contributed by atoms with E-state index in [2.05, 4.69) is 43.4 Å². The van der Waals surface area contributed by atoms with Crippen LogP contribution in [0.2, 0.25) is 0 Å². The van der Waals surface area contributed by atoms with Gasteiger partial charge in [0.25, 0.3) is 0 Å². The molecule has 1 unspecified atom stereocenters. The van der Waals surface area contributed by atoms with E-state index in [0.29, 0.717) is 17.0 Å². The summed E-state index contributed by atoms with van der Waals surface area (Å²) < 4.78 is 41.6. The van der Waals surface area contributed by atoms with Crippen molar-refractivity contribution in [2.24, 2.45) is 5.92 Å². The number of aliphatic hydroxyl groups is 1. The fourth-order valence-electron chi connectivity index (χ4n) is 5.60. The molecular weight excluding hydrogens is 531 g/mol. The van der Waals surface area contributed by atoms with Gasteiger partial charge in [0, 0.05) is 25.7 Å². The van der Waals surface area contributed by atoms with E-state index in [0.717, 1.165) is 29.6 Å². The number of aliphatic hydroxyl groups excluding tert-OH is 1. The number of rotatable bonds is 12. The van der Waals surface area contributed by atoms with Gasteiger partial charge in [-0.15, -0.1) is 0 Å². The maximum absolute atomic E-state index is 13.8. The molecule has 0 aliphatic heterocycles. The molecule has 0 fully saturated rings. The van der Waals surface area contributed by atoms with E-state index in [1.165, 1.54) is 42.4 Å². The first kappa shape index (κ1) is 29.9. The van der Waals surface area contributed by atoms with Crippen LogP contribution in [0, 0.1) is 11.7 Å². The molecule has 40 heavy (non-hydrogen) atoms. The Bertz CT molecular complexity index is 1450. The van der Waals surface area contributed by atoms with Crippen LogP contribution in [0.5, 0.6) is 0 Å². The maximum Gasteiger partial charge on any atom is 0.307 e. The minimum absolute atomic E-state index is 0.000566. The molecule has 0 spiro atoms. The zero-order valence-electron chi connectivity index (χ0n) is 23.1. The van der Waals surface area contributed by atoms with Gasteiger partial charge in [-0.05, 0) is 91.1 Å². The van der Waals surface area contributed by atoms with E-state index < -0.39 is 34.3 Å². The Morgan fingerprint density at radius 1 is 1.07 bits per heavy atom. The third-order valence-electron chi connectivity index (χ3n) is 7.48. The summed E-state index contributed by atoms with van der Waals surface area (Å²) in [6.45, 7) is 4.33. The molecule has 214 valence electrons. The molecule has 0 heterocycles. The van der Waals surface area contributed by atoms with E-state index in [4.69, 9.17) is 0 Å². The smallest absolute Gasteiger partial charge is 0.307 e. The molecule has 1 aliphatic rings. The Hall–Kier alpha value is -3.11. The monoisotopic (exact) mass is 568 g/mol. The fraction of sp³-hybridized carbons (Fsp3) is 0.387. The number of likely N-dealkylation sites (N-methyl/N-ethyl adjacent to an activating group) is 1. The average molecular weight is 569 g/mol. The summed E-state index contributed by atoms with van der Waals surface area (Å²) in [4.78, 5) is 11.3. The second-order valence-electron chi connectivity index (χ2n) is 11.4. The number of hydrogen-bond acceptors (Lipinski definition) is 5. The van der Waals surface area contributed by atoms with Crippen LogP contribution in [0.25, 0.3) is 11.1 Å². The van der Waals surface area contributed by atoms with E-state index in [1.54, 1.807) is 12.1 Å². The van der Waals surface area contributed by atoms with Crippen molar-refractivity contribution in [1.29, 1.82) is 0 Å². The Balaban J connectivity index is 1.38. The second-order valence-corrected chi connectivity index (χ2v) is 13.4. The van der Waals surface area contributed by atoms with Gasteiger partial charge in [-0.2, -0.15) is 4.31 Å². The number of sulfonamides is 1. The first-order chi connectivity index (χ1) is 18.8. The van der Waals surface area contributed by atoms with Crippen LogP contribution in [0.4, 0.5) is 4.39 Å². The van der Waals surface area contributed by atoms with Crippen LogP contribution in [-0.2, 0) is 34.1 Å². The lowest BCUT2D eigenvalue weighted by molar-refractivity contribution is -0.136. The fourth-order valence-corrected chi connectivity index (χ4v) is 6.85. The predicted molar refractivity (Wildman–Crippen MR) is 153 cm³/mol. The standard InChI is InChI=1S/C31H37FN2O5S/c1-31(2,18-21-13-22-7-4-5-8-23(22)14-21)33-19-27(35)20-34(3)40(38,39)28-10-6-9-24(16-28)29-12-11-26(32)15-25(29)17-30(36)37/h4-12,15-16,21,27,33,35H,13-14,17-20H2,1-3H3,(H,36,37). The van der Waals surface area contributed by atoms with Crippen molar-refractivity contribution < 1.29 is 27.8 Å². The van der Waals surface area contributed by atoms with Gasteiger partial charge in [-0.1, -0.05) is 42.5 Å². The summed E-state index contributed by atoms with van der Waals surface area (Å²) in [5.41, 5.74) is 3.72. The number of hydrogen-bond donors (Lipinski definition) is 3. The first-order valence-corrected chi connectivity index (χ1v) is 14.8. The number of benzene rings is 3. The van der Waals surface area contributed by atoms with E-state index in [1.807, 2.05) is 0 Å². The molecule has 0 amide bonds. The molecule has 9 heteroatoms. The molecule has 3 aromatic carbocycles. The second kappa shape index (κ2) is 12.2. The van der Waals surface area contributed by atoms with Crippen molar-refractivity contribution >= 4 is 16.0 Å². The third kappa shape index (κ3) is 7.34. The molecule has 0 saturated carbocycles. The van der Waals surface area contributed by atoms with Gasteiger partial charge < -0.3 is 15.5 Å². The lowest BCUT2D eigenvalue weighted by Crippen LogP contribution is -2.47. The SMILES string of the molecule is CN(CC(O)CNC(C)(C)CC1Cc2ccccc2C1)S(=O)(=O)c1cccc(-c2ccc(F)cc2CC(=O)O)c1. The lowest BCUT2D eigenvalue weighted by atomic mass is 9.88. The average Bonchev–Trinajstić information content (AvgIpc) is 3.29. The molecular formula is C31H37FN2O5S. The summed E-state index contributed by atoms with van der Waals surface area (Å²) in [5.74, 6) is -1.17. The van der Waals surface area contributed by atoms with Crippen molar-refractivity contribution in [3.05, 3.63) is 89.2 Å². The third-order valence-corrected chi connectivity index (χ3v) is 9.30. The van der Waals surface area contributed by atoms with Crippen LogP contribution in [0.1, 0.15) is 37.0 Å². The van der Waals surface area contributed by atoms with Gasteiger partial charge in [0.2, 0.25) is 10.0 Å². The summed E-state index contributed by atoms with van der Waals surface area (Å²) >= 11 is 0. The minimum atomic E-state index is -3.96. The topological polar surface area (TPSA) is 107 Å². The highest BCUT2D eigenvalue weighted by Gasteiger charge is 2.29. The number of aliphatic carboxylic acids is 1. The number of carbonyl (C=O) groups is 1. The summed E-state index contributed by atoms with van der Waals surface area (Å²) in [6.07, 6.45) is 1.69.